The van der Waals surface area contributed by atoms with Crippen molar-refractivity contribution in [1.82, 2.24) is 9.97 Å². The van der Waals surface area contributed by atoms with Gasteiger partial charge in [0.2, 0.25) is 5.95 Å². The van der Waals surface area contributed by atoms with E-state index in [0.717, 1.165) is 0 Å². The Morgan fingerprint density at radius 3 is 1.50 bits per heavy atom. The van der Waals surface area contributed by atoms with Crippen molar-refractivity contribution < 1.29 is 0 Å². The lowest BCUT2D eigenvalue weighted by Gasteiger charge is -1.98. The molecule has 4 nitrogen and oxygen atoms in total. The van der Waals surface area contributed by atoms with Crippen LogP contribution in [-0.4, -0.2) is 9.97 Å². The zero-order valence-corrected chi connectivity index (χ0v) is 11.0. The summed E-state index contributed by atoms with van der Waals surface area (Å²) in [7, 11) is 0. The zero-order chi connectivity index (χ0) is 14.2. The SMILES string of the molecule is Nc1ccnc(N)n1.c1ccc(-c2ccccc2)cc1. The highest BCUT2D eigenvalue weighted by molar-refractivity contribution is 5.62. The van der Waals surface area contributed by atoms with Crippen molar-refractivity contribution in [3.05, 3.63) is 72.9 Å². The fourth-order valence-corrected chi connectivity index (χ4v) is 1.65. The molecular weight excluding hydrogens is 248 g/mol. The molecule has 2 aromatic carbocycles. The van der Waals surface area contributed by atoms with E-state index in [1.807, 2.05) is 12.1 Å². The number of hydrogen-bond acceptors (Lipinski definition) is 4. The lowest BCUT2D eigenvalue weighted by molar-refractivity contribution is 1.19. The van der Waals surface area contributed by atoms with Crippen LogP contribution in [0.3, 0.4) is 0 Å². The Morgan fingerprint density at radius 2 is 1.15 bits per heavy atom. The van der Waals surface area contributed by atoms with Crippen LogP contribution in [0.4, 0.5) is 11.8 Å². The Labute approximate surface area is 118 Å². The first-order chi connectivity index (χ1) is 9.75. The molecule has 0 saturated carbocycles. The molecule has 0 atom stereocenters. The van der Waals surface area contributed by atoms with Crippen molar-refractivity contribution in [3.63, 3.8) is 0 Å². The van der Waals surface area contributed by atoms with Crippen LogP contribution in [0, 0.1) is 0 Å². The van der Waals surface area contributed by atoms with Crippen LogP contribution in [0.1, 0.15) is 0 Å². The fraction of sp³-hybridized carbons (Fsp3) is 0. The van der Waals surface area contributed by atoms with Crippen LogP contribution in [0.25, 0.3) is 11.1 Å². The molecule has 20 heavy (non-hydrogen) atoms. The molecule has 1 aromatic heterocycles. The molecule has 3 rings (SSSR count). The van der Waals surface area contributed by atoms with Gasteiger partial charge in [-0.2, -0.15) is 4.98 Å². The van der Waals surface area contributed by atoms with Crippen LogP contribution >= 0.6 is 0 Å². The van der Waals surface area contributed by atoms with Gasteiger partial charge in [0.15, 0.2) is 0 Å². The van der Waals surface area contributed by atoms with Crippen molar-refractivity contribution >= 4 is 11.8 Å². The normalized spacial score (nSPS) is 9.40. The van der Waals surface area contributed by atoms with Crippen molar-refractivity contribution in [2.75, 3.05) is 11.5 Å². The minimum atomic E-state index is 0.213. The third-order valence-electron chi connectivity index (χ3n) is 2.58. The van der Waals surface area contributed by atoms with E-state index in [9.17, 15) is 0 Å². The summed E-state index contributed by atoms with van der Waals surface area (Å²) in [4.78, 5) is 7.24. The third kappa shape index (κ3) is 4.10. The van der Waals surface area contributed by atoms with Crippen molar-refractivity contribution in [3.8, 4) is 11.1 Å². The number of nitrogens with zero attached hydrogens (tertiary/aromatic N) is 2. The minimum Gasteiger partial charge on any atom is -0.384 e. The Kier molecular flexibility index (Phi) is 4.67. The maximum absolute atomic E-state index is 5.23. The minimum absolute atomic E-state index is 0.213. The number of hydrogen-bond donors (Lipinski definition) is 2. The van der Waals surface area contributed by atoms with Gasteiger partial charge in [0, 0.05) is 6.20 Å². The Bertz CT molecular complexity index is 584. The topological polar surface area (TPSA) is 77.8 Å². The van der Waals surface area contributed by atoms with Crippen LogP contribution < -0.4 is 11.5 Å². The Morgan fingerprint density at radius 1 is 0.650 bits per heavy atom. The lowest BCUT2D eigenvalue weighted by atomic mass is 10.1. The smallest absolute Gasteiger partial charge is 0.221 e. The molecule has 0 aliphatic carbocycles. The van der Waals surface area contributed by atoms with Crippen molar-refractivity contribution in [2.24, 2.45) is 0 Å². The largest absolute Gasteiger partial charge is 0.384 e. The summed E-state index contributed by atoms with van der Waals surface area (Å²) in [6.07, 6.45) is 1.51. The van der Waals surface area contributed by atoms with E-state index in [4.69, 9.17) is 11.5 Å². The molecule has 0 unspecified atom stereocenters. The monoisotopic (exact) mass is 264 g/mol. The van der Waals surface area contributed by atoms with E-state index in [0.29, 0.717) is 5.82 Å². The Hall–Kier alpha value is -2.88. The van der Waals surface area contributed by atoms with Gasteiger partial charge < -0.3 is 11.5 Å². The molecule has 100 valence electrons. The summed E-state index contributed by atoms with van der Waals surface area (Å²) >= 11 is 0. The summed E-state index contributed by atoms with van der Waals surface area (Å²) in [5.74, 6) is 0.613. The van der Waals surface area contributed by atoms with E-state index in [1.54, 1.807) is 6.07 Å². The molecular formula is C16H16N4. The number of nitrogens with two attached hydrogens (primary N) is 2. The highest BCUT2D eigenvalue weighted by Gasteiger charge is 1.91. The van der Waals surface area contributed by atoms with Gasteiger partial charge in [-0.1, -0.05) is 60.7 Å². The molecule has 0 aliphatic heterocycles. The maximum atomic E-state index is 5.23. The first kappa shape index (κ1) is 13.5. The molecule has 0 spiro atoms. The quantitative estimate of drug-likeness (QED) is 0.708. The molecule has 4 heteroatoms. The number of rotatable bonds is 1. The van der Waals surface area contributed by atoms with Crippen LogP contribution in [0.5, 0.6) is 0 Å². The standard InChI is InChI=1S/C12H10.C4H6N4/c1-3-7-11(8-4-1)12-9-5-2-6-10-12;5-3-1-2-7-4(6)8-3/h1-10H;1-2H,(H4,5,6,7,8). The van der Waals surface area contributed by atoms with Gasteiger partial charge in [0.25, 0.3) is 0 Å². The van der Waals surface area contributed by atoms with Gasteiger partial charge in [-0.3, -0.25) is 0 Å². The van der Waals surface area contributed by atoms with Gasteiger partial charge in [-0.05, 0) is 17.2 Å². The summed E-state index contributed by atoms with van der Waals surface area (Å²) in [6.45, 7) is 0. The molecule has 0 radical (unpaired) electrons. The Balaban J connectivity index is 0.000000160. The highest BCUT2D eigenvalue weighted by Crippen LogP contribution is 2.17. The maximum Gasteiger partial charge on any atom is 0.221 e. The molecule has 3 aromatic rings. The van der Waals surface area contributed by atoms with E-state index in [-0.39, 0.29) is 5.95 Å². The number of anilines is 2. The average molecular weight is 264 g/mol. The van der Waals surface area contributed by atoms with Crippen LogP contribution in [0.2, 0.25) is 0 Å². The zero-order valence-electron chi connectivity index (χ0n) is 11.0. The first-order valence-corrected chi connectivity index (χ1v) is 6.20. The third-order valence-corrected chi connectivity index (χ3v) is 2.58. The van der Waals surface area contributed by atoms with E-state index >= 15 is 0 Å². The predicted molar refractivity (Wildman–Crippen MR) is 82.7 cm³/mol. The second kappa shape index (κ2) is 6.89. The number of nitrogen functional groups attached to an aromatic ring is 2. The molecule has 0 saturated heterocycles. The fourth-order valence-electron chi connectivity index (χ4n) is 1.65. The molecule has 0 amide bonds. The van der Waals surface area contributed by atoms with E-state index < -0.39 is 0 Å². The molecule has 0 aliphatic rings. The van der Waals surface area contributed by atoms with Gasteiger partial charge in [-0.15, -0.1) is 0 Å². The molecule has 1 heterocycles. The van der Waals surface area contributed by atoms with Crippen molar-refractivity contribution in [2.45, 2.75) is 0 Å². The second-order valence-corrected chi connectivity index (χ2v) is 4.07. The summed E-state index contributed by atoms with van der Waals surface area (Å²) in [6, 6.07) is 22.4. The van der Waals surface area contributed by atoms with Crippen LogP contribution in [0.15, 0.2) is 72.9 Å². The molecule has 0 fully saturated rings. The summed E-state index contributed by atoms with van der Waals surface area (Å²) in [5, 5.41) is 0. The van der Waals surface area contributed by atoms with E-state index in [2.05, 4.69) is 58.5 Å². The summed E-state index contributed by atoms with van der Waals surface area (Å²) < 4.78 is 0. The van der Waals surface area contributed by atoms with Gasteiger partial charge in [-0.25, -0.2) is 4.98 Å². The number of aromatic nitrogens is 2. The first-order valence-electron chi connectivity index (χ1n) is 6.20. The van der Waals surface area contributed by atoms with E-state index in [1.165, 1.54) is 17.3 Å². The van der Waals surface area contributed by atoms with Crippen LogP contribution in [-0.2, 0) is 0 Å². The average Bonchev–Trinajstić information content (AvgIpc) is 2.49. The van der Waals surface area contributed by atoms with Gasteiger partial charge in [0.05, 0.1) is 0 Å². The lowest BCUT2D eigenvalue weighted by Crippen LogP contribution is -1.96. The van der Waals surface area contributed by atoms with Gasteiger partial charge in [0.1, 0.15) is 5.82 Å². The van der Waals surface area contributed by atoms with Crippen molar-refractivity contribution in [1.29, 1.82) is 0 Å². The molecule has 0 bridgehead atoms. The highest BCUT2D eigenvalue weighted by atomic mass is 15.0. The summed E-state index contributed by atoms with van der Waals surface area (Å²) in [5.41, 5.74) is 12.9. The predicted octanol–water partition coefficient (Wildman–Crippen LogP) is 2.99. The molecule has 4 N–H and O–H groups in total. The van der Waals surface area contributed by atoms with Gasteiger partial charge >= 0.3 is 0 Å². The number of benzene rings is 2. The second-order valence-electron chi connectivity index (χ2n) is 4.07.